The topological polar surface area (TPSA) is 85.2 Å². The first kappa shape index (κ1) is 14.5. The Balaban J connectivity index is 2.03. The number of rotatable bonds is 6. The summed E-state index contributed by atoms with van der Waals surface area (Å²) in [6.07, 6.45) is 2.56. The van der Waals surface area contributed by atoms with Gasteiger partial charge >= 0.3 is 0 Å². The summed E-state index contributed by atoms with van der Waals surface area (Å²) >= 11 is 0. The number of phenols is 1. The minimum Gasteiger partial charge on any atom is -0.505 e. The first-order chi connectivity index (χ1) is 9.60. The van der Waals surface area contributed by atoms with Gasteiger partial charge in [0.25, 0.3) is 0 Å². The number of hydrogen-bond acceptors (Lipinski definition) is 5. The number of halogens is 1. The molecule has 1 unspecified atom stereocenters. The van der Waals surface area contributed by atoms with E-state index < -0.39 is 11.6 Å². The first-order valence-electron chi connectivity index (χ1n) is 6.61. The van der Waals surface area contributed by atoms with Gasteiger partial charge in [0.05, 0.1) is 0 Å². The van der Waals surface area contributed by atoms with Crippen LogP contribution in [0.25, 0.3) is 11.4 Å². The SMILES string of the molecule is CC(CCN)CCc1nc(-c2ccc(O)c(F)c2)no1. The highest BCUT2D eigenvalue weighted by molar-refractivity contribution is 5.55. The van der Waals surface area contributed by atoms with Crippen molar-refractivity contribution in [2.75, 3.05) is 6.54 Å². The van der Waals surface area contributed by atoms with Gasteiger partial charge in [0, 0.05) is 12.0 Å². The number of phenolic OH excluding ortho intramolecular Hbond substituents is 1. The van der Waals surface area contributed by atoms with Crippen molar-refractivity contribution in [3.63, 3.8) is 0 Å². The fourth-order valence-corrected chi connectivity index (χ4v) is 1.92. The molecule has 0 amide bonds. The van der Waals surface area contributed by atoms with E-state index >= 15 is 0 Å². The lowest BCUT2D eigenvalue weighted by molar-refractivity contribution is 0.362. The summed E-state index contributed by atoms with van der Waals surface area (Å²) in [5.41, 5.74) is 5.97. The summed E-state index contributed by atoms with van der Waals surface area (Å²) in [5, 5.41) is 13.0. The van der Waals surface area contributed by atoms with Gasteiger partial charge in [-0.1, -0.05) is 12.1 Å². The van der Waals surface area contributed by atoms with Gasteiger partial charge < -0.3 is 15.4 Å². The van der Waals surface area contributed by atoms with Crippen molar-refractivity contribution < 1.29 is 14.0 Å². The van der Waals surface area contributed by atoms with Crippen LogP contribution in [0.2, 0.25) is 0 Å². The smallest absolute Gasteiger partial charge is 0.226 e. The van der Waals surface area contributed by atoms with E-state index in [0.717, 1.165) is 12.8 Å². The van der Waals surface area contributed by atoms with E-state index in [2.05, 4.69) is 17.1 Å². The van der Waals surface area contributed by atoms with E-state index in [0.29, 0.717) is 36.2 Å². The summed E-state index contributed by atoms with van der Waals surface area (Å²) in [6, 6.07) is 4.00. The van der Waals surface area contributed by atoms with Crippen LogP contribution in [0.15, 0.2) is 22.7 Å². The number of aromatic nitrogens is 2. The molecule has 0 saturated carbocycles. The normalized spacial score (nSPS) is 12.6. The molecule has 0 fully saturated rings. The number of nitrogens with two attached hydrogens (primary N) is 1. The summed E-state index contributed by atoms with van der Waals surface area (Å²) in [6.45, 7) is 2.79. The van der Waals surface area contributed by atoms with Gasteiger partial charge in [0.2, 0.25) is 11.7 Å². The molecular formula is C14H18FN3O2. The van der Waals surface area contributed by atoms with Crippen molar-refractivity contribution in [1.82, 2.24) is 10.1 Å². The summed E-state index contributed by atoms with van der Waals surface area (Å²) in [4.78, 5) is 4.23. The van der Waals surface area contributed by atoms with Crippen LogP contribution >= 0.6 is 0 Å². The number of aromatic hydroxyl groups is 1. The molecule has 3 N–H and O–H groups in total. The number of nitrogens with zero attached hydrogens (tertiary/aromatic N) is 2. The monoisotopic (exact) mass is 279 g/mol. The van der Waals surface area contributed by atoms with Crippen LogP contribution in [0.1, 0.15) is 25.7 Å². The molecule has 2 aromatic rings. The second kappa shape index (κ2) is 6.47. The molecule has 6 heteroatoms. The molecule has 20 heavy (non-hydrogen) atoms. The molecule has 1 aromatic carbocycles. The van der Waals surface area contributed by atoms with Crippen molar-refractivity contribution in [2.24, 2.45) is 11.7 Å². The average molecular weight is 279 g/mol. The first-order valence-corrected chi connectivity index (χ1v) is 6.61. The third kappa shape index (κ3) is 3.54. The second-order valence-electron chi connectivity index (χ2n) is 4.90. The molecule has 0 aliphatic carbocycles. The van der Waals surface area contributed by atoms with E-state index in [1.54, 1.807) is 6.07 Å². The maximum absolute atomic E-state index is 13.3. The van der Waals surface area contributed by atoms with Crippen LogP contribution in [0.5, 0.6) is 5.75 Å². The molecule has 1 atom stereocenters. The number of benzene rings is 1. The lowest BCUT2D eigenvalue weighted by Crippen LogP contribution is -2.06. The Hall–Kier alpha value is -1.95. The van der Waals surface area contributed by atoms with E-state index in [-0.39, 0.29) is 0 Å². The fourth-order valence-electron chi connectivity index (χ4n) is 1.92. The zero-order valence-electron chi connectivity index (χ0n) is 11.3. The fraction of sp³-hybridized carbons (Fsp3) is 0.429. The van der Waals surface area contributed by atoms with Crippen molar-refractivity contribution in [1.29, 1.82) is 0 Å². The maximum Gasteiger partial charge on any atom is 0.226 e. The zero-order valence-corrected chi connectivity index (χ0v) is 11.3. The van der Waals surface area contributed by atoms with Crippen molar-refractivity contribution in [3.05, 3.63) is 29.9 Å². The van der Waals surface area contributed by atoms with E-state index in [9.17, 15) is 4.39 Å². The Kier molecular flexibility index (Phi) is 4.68. The van der Waals surface area contributed by atoms with Gasteiger partial charge in [-0.25, -0.2) is 4.39 Å². The van der Waals surface area contributed by atoms with E-state index in [1.807, 2.05) is 0 Å². The van der Waals surface area contributed by atoms with Gasteiger partial charge in [-0.15, -0.1) is 0 Å². The number of hydrogen-bond donors (Lipinski definition) is 2. The van der Waals surface area contributed by atoms with Crippen LogP contribution in [0, 0.1) is 11.7 Å². The molecule has 2 rings (SSSR count). The van der Waals surface area contributed by atoms with Crippen molar-refractivity contribution in [3.8, 4) is 17.1 Å². The van der Waals surface area contributed by atoms with Gasteiger partial charge in [-0.05, 0) is 43.5 Å². The molecule has 0 saturated heterocycles. The minimum absolute atomic E-state index is 0.324. The Labute approximate surface area is 116 Å². The second-order valence-corrected chi connectivity index (χ2v) is 4.90. The highest BCUT2D eigenvalue weighted by atomic mass is 19.1. The maximum atomic E-state index is 13.3. The van der Waals surface area contributed by atoms with Gasteiger partial charge in [-0.2, -0.15) is 4.98 Å². The van der Waals surface area contributed by atoms with E-state index in [4.69, 9.17) is 15.4 Å². The van der Waals surface area contributed by atoms with Crippen molar-refractivity contribution in [2.45, 2.75) is 26.2 Å². The largest absolute Gasteiger partial charge is 0.505 e. The zero-order chi connectivity index (χ0) is 14.5. The van der Waals surface area contributed by atoms with Crippen LogP contribution in [-0.2, 0) is 6.42 Å². The molecular weight excluding hydrogens is 261 g/mol. The lowest BCUT2D eigenvalue weighted by Gasteiger charge is -2.06. The average Bonchev–Trinajstić information content (AvgIpc) is 2.89. The van der Waals surface area contributed by atoms with Crippen LogP contribution < -0.4 is 5.73 Å². The minimum atomic E-state index is -0.703. The molecule has 1 heterocycles. The molecule has 0 spiro atoms. The molecule has 0 bridgehead atoms. The van der Waals surface area contributed by atoms with Gasteiger partial charge in [-0.3, -0.25) is 0 Å². The Morgan fingerprint density at radius 3 is 2.90 bits per heavy atom. The van der Waals surface area contributed by atoms with Crippen LogP contribution in [0.4, 0.5) is 4.39 Å². The summed E-state index contributed by atoms with van der Waals surface area (Å²) < 4.78 is 18.4. The molecule has 0 aliphatic heterocycles. The molecule has 1 aromatic heterocycles. The van der Waals surface area contributed by atoms with Crippen LogP contribution in [0.3, 0.4) is 0 Å². The molecule has 0 radical (unpaired) electrons. The Morgan fingerprint density at radius 2 is 2.20 bits per heavy atom. The highest BCUT2D eigenvalue weighted by Crippen LogP contribution is 2.23. The Morgan fingerprint density at radius 1 is 1.40 bits per heavy atom. The quantitative estimate of drug-likeness (QED) is 0.848. The standard InChI is InChI=1S/C14H18FN3O2/c1-9(6-7-16)2-5-13-17-14(18-20-13)10-3-4-12(19)11(15)8-10/h3-4,8-9,19H,2,5-7,16H2,1H3. The highest BCUT2D eigenvalue weighted by Gasteiger charge is 2.12. The lowest BCUT2D eigenvalue weighted by atomic mass is 10.0. The third-order valence-electron chi connectivity index (χ3n) is 3.18. The van der Waals surface area contributed by atoms with E-state index in [1.165, 1.54) is 12.1 Å². The number of aryl methyl sites for hydroxylation is 1. The predicted molar refractivity (Wildman–Crippen MR) is 72.5 cm³/mol. The molecule has 108 valence electrons. The predicted octanol–water partition coefficient (Wildman–Crippen LogP) is 2.50. The van der Waals surface area contributed by atoms with Gasteiger partial charge in [0.1, 0.15) is 0 Å². The van der Waals surface area contributed by atoms with Gasteiger partial charge in [0.15, 0.2) is 11.6 Å². The van der Waals surface area contributed by atoms with Crippen LogP contribution in [-0.4, -0.2) is 21.8 Å². The molecule has 0 aliphatic rings. The third-order valence-corrected chi connectivity index (χ3v) is 3.18. The van der Waals surface area contributed by atoms with Crippen molar-refractivity contribution >= 4 is 0 Å². The molecule has 5 nitrogen and oxygen atoms in total. The summed E-state index contributed by atoms with van der Waals surface area (Å²) in [5.74, 6) is 0.252. The summed E-state index contributed by atoms with van der Waals surface area (Å²) in [7, 11) is 0. The Bertz CT molecular complexity index is 571.